The van der Waals surface area contributed by atoms with Crippen LogP contribution in [0.5, 0.6) is 0 Å². The van der Waals surface area contributed by atoms with Gasteiger partial charge in [-0.1, -0.05) is 18.6 Å². The Hall–Kier alpha value is -2.27. The molecule has 2 aromatic rings. The molecule has 2 aromatic heterocycles. The number of fused-ring (bicyclic) bond motifs is 1. The molecule has 0 unspecified atom stereocenters. The Morgan fingerprint density at radius 2 is 2.23 bits per heavy atom. The SMILES string of the molecule is Cc1cccc(COC[C@]23CCC[C@H]2CN(C(=O)c2ccccn2)C3)n1. The van der Waals surface area contributed by atoms with Gasteiger partial charge >= 0.3 is 0 Å². The van der Waals surface area contributed by atoms with Crippen LogP contribution in [0.25, 0.3) is 0 Å². The highest BCUT2D eigenvalue weighted by Crippen LogP contribution is 2.49. The first kappa shape index (κ1) is 17.2. The zero-order chi connectivity index (χ0) is 18.0. The molecule has 0 radical (unpaired) electrons. The van der Waals surface area contributed by atoms with Gasteiger partial charge in [0.25, 0.3) is 5.91 Å². The van der Waals surface area contributed by atoms with Crippen molar-refractivity contribution in [2.45, 2.75) is 32.8 Å². The molecule has 5 heteroatoms. The number of aryl methyl sites for hydroxylation is 1. The van der Waals surface area contributed by atoms with E-state index in [0.29, 0.717) is 24.8 Å². The molecule has 26 heavy (non-hydrogen) atoms. The first-order chi connectivity index (χ1) is 12.7. The van der Waals surface area contributed by atoms with Gasteiger partial charge in [0.1, 0.15) is 5.69 Å². The highest BCUT2D eigenvalue weighted by atomic mass is 16.5. The number of ether oxygens (including phenoxy) is 1. The normalized spacial score (nSPS) is 24.7. The number of likely N-dealkylation sites (tertiary alicyclic amines) is 1. The lowest BCUT2D eigenvalue weighted by Gasteiger charge is -2.28. The summed E-state index contributed by atoms with van der Waals surface area (Å²) in [7, 11) is 0. The van der Waals surface area contributed by atoms with E-state index in [0.717, 1.165) is 30.9 Å². The van der Waals surface area contributed by atoms with Crippen LogP contribution in [0.3, 0.4) is 0 Å². The Balaban J connectivity index is 1.41. The van der Waals surface area contributed by atoms with Crippen molar-refractivity contribution >= 4 is 5.91 Å². The predicted molar refractivity (Wildman–Crippen MR) is 98.5 cm³/mol. The summed E-state index contributed by atoms with van der Waals surface area (Å²) in [6.07, 6.45) is 5.21. The molecule has 1 amide bonds. The van der Waals surface area contributed by atoms with E-state index in [9.17, 15) is 4.79 Å². The molecule has 5 nitrogen and oxygen atoms in total. The maximum atomic E-state index is 12.8. The number of hydrogen-bond donors (Lipinski definition) is 0. The van der Waals surface area contributed by atoms with E-state index >= 15 is 0 Å². The summed E-state index contributed by atoms with van der Waals surface area (Å²) in [6, 6.07) is 11.5. The van der Waals surface area contributed by atoms with Crippen LogP contribution in [0, 0.1) is 18.3 Å². The lowest BCUT2D eigenvalue weighted by molar-refractivity contribution is 0.0251. The predicted octanol–water partition coefficient (Wildman–Crippen LogP) is 3.24. The molecule has 2 fully saturated rings. The Bertz CT molecular complexity index is 780. The second-order valence-electron chi connectivity index (χ2n) is 7.62. The van der Waals surface area contributed by atoms with Crippen molar-refractivity contribution in [3.8, 4) is 0 Å². The Labute approximate surface area is 154 Å². The van der Waals surface area contributed by atoms with Gasteiger partial charge in [-0.05, 0) is 49.9 Å². The number of nitrogens with zero attached hydrogens (tertiary/aromatic N) is 3. The van der Waals surface area contributed by atoms with Gasteiger partial charge in [-0.2, -0.15) is 0 Å². The van der Waals surface area contributed by atoms with Gasteiger partial charge in [0.05, 0.1) is 18.9 Å². The Morgan fingerprint density at radius 3 is 3.04 bits per heavy atom. The minimum absolute atomic E-state index is 0.0414. The number of hydrogen-bond acceptors (Lipinski definition) is 4. The van der Waals surface area contributed by atoms with Crippen LogP contribution in [0.2, 0.25) is 0 Å². The van der Waals surface area contributed by atoms with Crippen LogP contribution in [0.1, 0.15) is 41.1 Å². The Kier molecular flexibility index (Phi) is 4.72. The summed E-state index contributed by atoms with van der Waals surface area (Å²) in [5.74, 6) is 0.570. The lowest BCUT2D eigenvalue weighted by Crippen LogP contribution is -2.35. The molecule has 1 aliphatic carbocycles. The van der Waals surface area contributed by atoms with Crippen molar-refractivity contribution in [3.05, 3.63) is 59.7 Å². The average molecular weight is 351 g/mol. The standard InChI is InChI=1S/C21H25N3O2/c1-16-6-4-8-18(23-16)13-26-15-21-10-5-7-17(21)12-24(14-21)20(25)19-9-2-3-11-22-19/h2-4,6,8-9,11,17H,5,7,10,12-15H2,1H3/t17-,21+/m0/s1. The summed E-state index contributed by atoms with van der Waals surface area (Å²) >= 11 is 0. The number of amides is 1. The zero-order valence-electron chi connectivity index (χ0n) is 15.2. The van der Waals surface area contributed by atoms with Crippen molar-refractivity contribution < 1.29 is 9.53 Å². The van der Waals surface area contributed by atoms with Crippen molar-refractivity contribution in [1.29, 1.82) is 0 Å². The fraction of sp³-hybridized carbons (Fsp3) is 0.476. The third-order valence-electron chi connectivity index (χ3n) is 5.80. The third-order valence-corrected chi connectivity index (χ3v) is 5.80. The number of rotatable bonds is 5. The highest BCUT2D eigenvalue weighted by Gasteiger charge is 2.50. The summed E-state index contributed by atoms with van der Waals surface area (Å²) in [4.78, 5) is 23.5. The van der Waals surface area contributed by atoms with Gasteiger partial charge in [0, 0.05) is 30.4 Å². The second-order valence-corrected chi connectivity index (χ2v) is 7.62. The second kappa shape index (κ2) is 7.16. The first-order valence-corrected chi connectivity index (χ1v) is 9.37. The zero-order valence-corrected chi connectivity index (χ0v) is 15.2. The van der Waals surface area contributed by atoms with Gasteiger partial charge in [0.15, 0.2) is 0 Å². The quantitative estimate of drug-likeness (QED) is 0.830. The molecule has 0 spiro atoms. The molecule has 0 N–H and O–H groups in total. The number of aromatic nitrogens is 2. The van der Waals surface area contributed by atoms with E-state index < -0.39 is 0 Å². The van der Waals surface area contributed by atoms with Gasteiger partial charge < -0.3 is 9.64 Å². The summed E-state index contributed by atoms with van der Waals surface area (Å²) < 4.78 is 6.08. The molecular weight excluding hydrogens is 326 g/mol. The highest BCUT2D eigenvalue weighted by molar-refractivity contribution is 5.92. The molecule has 1 saturated heterocycles. The molecular formula is C21H25N3O2. The first-order valence-electron chi connectivity index (χ1n) is 9.37. The van der Waals surface area contributed by atoms with Gasteiger partial charge in [0.2, 0.25) is 0 Å². The Morgan fingerprint density at radius 1 is 1.31 bits per heavy atom. The number of carbonyl (C=O) groups is 1. The van der Waals surface area contributed by atoms with Gasteiger partial charge in [-0.25, -0.2) is 0 Å². The molecule has 2 aliphatic rings. The average Bonchev–Trinajstić information content (AvgIpc) is 3.19. The van der Waals surface area contributed by atoms with Crippen molar-refractivity contribution in [1.82, 2.24) is 14.9 Å². The summed E-state index contributed by atoms with van der Waals surface area (Å²) in [5, 5.41) is 0. The lowest BCUT2D eigenvalue weighted by atomic mass is 9.81. The van der Waals surface area contributed by atoms with Crippen LogP contribution in [0.15, 0.2) is 42.6 Å². The molecule has 3 heterocycles. The molecule has 136 valence electrons. The van der Waals surface area contributed by atoms with Crippen LogP contribution in [-0.2, 0) is 11.3 Å². The van der Waals surface area contributed by atoms with Crippen LogP contribution >= 0.6 is 0 Å². The van der Waals surface area contributed by atoms with E-state index in [1.807, 2.05) is 42.2 Å². The minimum atomic E-state index is 0.0414. The molecule has 0 bridgehead atoms. The van der Waals surface area contributed by atoms with Gasteiger partial charge in [-0.15, -0.1) is 0 Å². The molecule has 4 rings (SSSR count). The van der Waals surface area contributed by atoms with E-state index in [1.54, 1.807) is 12.3 Å². The van der Waals surface area contributed by atoms with Crippen LogP contribution < -0.4 is 0 Å². The molecule has 1 aliphatic heterocycles. The smallest absolute Gasteiger partial charge is 0.272 e. The minimum Gasteiger partial charge on any atom is -0.375 e. The fourth-order valence-corrected chi connectivity index (χ4v) is 4.50. The maximum absolute atomic E-state index is 12.8. The topological polar surface area (TPSA) is 55.3 Å². The molecule has 1 saturated carbocycles. The van der Waals surface area contributed by atoms with E-state index in [-0.39, 0.29) is 11.3 Å². The maximum Gasteiger partial charge on any atom is 0.272 e. The van der Waals surface area contributed by atoms with Gasteiger partial charge in [-0.3, -0.25) is 14.8 Å². The van der Waals surface area contributed by atoms with Crippen LogP contribution in [0.4, 0.5) is 0 Å². The van der Waals surface area contributed by atoms with Crippen molar-refractivity contribution in [3.63, 3.8) is 0 Å². The van der Waals surface area contributed by atoms with Crippen molar-refractivity contribution in [2.75, 3.05) is 19.7 Å². The van der Waals surface area contributed by atoms with E-state index in [4.69, 9.17) is 4.74 Å². The summed E-state index contributed by atoms with van der Waals surface area (Å²) in [5.41, 5.74) is 2.60. The monoisotopic (exact) mass is 351 g/mol. The molecule has 0 aromatic carbocycles. The van der Waals surface area contributed by atoms with E-state index in [2.05, 4.69) is 9.97 Å². The molecule has 2 atom stereocenters. The van der Waals surface area contributed by atoms with E-state index in [1.165, 1.54) is 12.8 Å². The largest absolute Gasteiger partial charge is 0.375 e. The fourth-order valence-electron chi connectivity index (χ4n) is 4.50. The van der Waals surface area contributed by atoms with Crippen LogP contribution in [-0.4, -0.2) is 40.5 Å². The summed E-state index contributed by atoms with van der Waals surface area (Å²) in [6.45, 7) is 4.81. The van der Waals surface area contributed by atoms with Crippen molar-refractivity contribution in [2.24, 2.45) is 11.3 Å². The number of carbonyl (C=O) groups excluding carboxylic acids is 1. The number of pyridine rings is 2. The third kappa shape index (κ3) is 3.36.